The molecule has 1 amide bonds. The Kier molecular flexibility index (Phi) is 6.01. The maximum atomic E-state index is 12.4. The van der Waals surface area contributed by atoms with E-state index in [-0.39, 0.29) is 11.9 Å². The van der Waals surface area contributed by atoms with Gasteiger partial charge < -0.3 is 15.4 Å². The monoisotopic (exact) mass is 375 g/mol. The van der Waals surface area contributed by atoms with E-state index in [9.17, 15) is 9.59 Å². The minimum Gasteiger partial charge on any atom is -0.465 e. The van der Waals surface area contributed by atoms with Gasteiger partial charge in [-0.3, -0.25) is 9.78 Å². The van der Waals surface area contributed by atoms with Gasteiger partial charge in [0.25, 0.3) is 5.91 Å². The summed E-state index contributed by atoms with van der Waals surface area (Å²) >= 11 is 0. The predicted octanol–water partition coefficient (Wildman–Crippen LogP) is 3.85. The molecule has 1 aromatic heterocycles. The fourth-order valence-corrected chi connectivity index (χ4v) is 2.70. The lowest BCUT2D eigenvalue weighted by atomic mass is 10.1. The van der Waals surface area contributed by atoms with E-state index in [1.807, 2.05) is 31.2 Å². The molecule has 6 heteroatoms. The molecule has 2 N–H and O–H groups in total. The van der Waals surface area contributed by atoms with Crippen LogP contribution in [0.15, 0.2) is 66.9 Å². The van der Waals surface area contributed by atoms with Crippen molar-refractivity contribution in [2.45, 2.75) is 13.5 Å². The van der Waals surface area contributed by atoms with E-state index >= 15 is 0 Å². The molecule has 28 heavy (non-hydrogen) atoms. The largest absolute Gasteiger partial charge is 0.465 e. The third-order valence-corrected chi connectivity index (χ3v) is 4.12. The molecule has 0 aliphatic carbocycles. The summed E-state index contributed by atoms with van der Waals surface area (Å²) in [6.07, 6.45) is 1.58. The SMILES string of the molecule is COC(=O)c1ccc(Nc2ccnc(C(=O)NCc3cccc(C)c3)c2)cc1. The highest BCUT2D eigenvalue weighted by molar-refractivity contribution is 5.93. The van der Waals surface area contributed by atoms with Crippen LogP contribution in [-0.2, 0) is 11.3 Å². The Morgan fingerprint density at radius 1 is 1.00 bits per heavy atom. The summed E-state index contributed by atoms with van der Waals surface area (Å²) < 4.78 is 4.69. The molecule has 3 rings (SSSR count). The molecule has 1 heterocycles. The molecule has 0 saturated heterocycles. The Bertz CT molecular complexity index is 984. The number of pyridine rings is 1. The molecule has 6 nitrogen and oxygen atoms in total. The number of esters is 1. The number of hydrogen-bond acceptors (Lipinski definition) is 5. The van der Waals surface area contributed by atoms with Crippen LogP contribution >= 0.6 is 0 Å². The smallest absolute Gasteiger partial charge is 0.337 e. The molecular weight excluding hydrogens is 354 g/mol. The Hall–Kier alpha value is -3.67. The van der Waals surface area contributed by atoms with Gasteiger partial charge in [-0.05, 0) is 48.9 Å². The van der Waals surface area contributed by atoms with Gasteiger partial charge in [0.1, 0.15) is 5.69 Å². The highest BCUT2D eigenvalue weighted by Gasteiger charge is 2.09. The Morgan fingerprint density at radius 2 is 1.79 bits per heavy atom. The Morgan fingerprint density at radius 3 is 2.50 bits per heavy atom. The number of hydrogen-bond donors (Lipinski definition) is 2. The number of aromatic nitrogens is 1. The summed E-state index contributed by atoms with van der Waals surface area (Å²) in [5.41, 5.74) is 4.48. The molecule has 0 radical (unpaired) electrons. The van der Waals surface area contributed by atoms with Crippen molar-refractivity contribution >= 4 is 23.3 Å². The third kappa shape index (κ3) is 4.94. The van der Waals surface area contributed by atoms with Crippen LogP contribution < -0.4 is 10.6 Å². The second-order valence-corrected chi connectivity index (χ2v) is 6.30. The predicted molar refractivity (Wildman–Crippen MR) is 108 cm³/mol. The van der Waals surface area contributed by atoms with Crippen LogP contribution in [-0.4, -0.2) is 24.0 Å². The van der Waals surface area contributed by atoms with Crippen molar-refractivity contribution in [3.63, 3.8) is 0 Å². The summed E-state index contributed by atoms with van der Waals surface area (Å²) in [6, 6.07) is 18.3. The maximum absolute atomic E-state index is 12.4. The quantitative estimate of drug-likeness (QED) is 0.640. The molecule has 0 aliphatic rings. The van der Waals surface area contributed by atoms with Crippen molar-refractivity contribution < 1.29 is 14.3 Å². The lowest BCUT2D eigenvalue weighted by Crippen LogP contribution is -2.23. The van der Waals surface area contributed by atoms with Crippen molar-refractivity contribution in [3.8, 4) is 0 Å². The zero-order valence-electron chi connectivity index (χ0n) is 15.7. The van der Waals surface area contributed by atoms with Gasteiger partial charge in [0, 0.05) is 24.1 Å². The first-order valence-corrected chi connectivity index (χ1v) is 8.80. The van der Waals surface area contributed by atoms with E-state index in [0.29, 0.717) is 17.8 Å². The number of carbonyl (C=O) groups excluding carboxylic acids is 2. The summed E-state index contributed by atoms with van der Waals surface area (Å²) in [5.74, 6) is -0.630. The van der Waals surface area contributed by atoms with Crippen LogP contribution in [0.1, 0.15) is 32.0 Å². The van der Waals surface area contributed by atoms with Gasteiger partial charge in [0.05, 0.1) is 12.7 Å². The van der Waals surface area contributed by atoms with Gasteiger partial charge in [0.15, 0.2) is 0 Å². The molecule has 2 aromatic carbocycles. The topological polar surface area (TPSA) is 80.3 Å². The molecule has 0 fully saturated rings. The number of benzene rings is 2. The first kappa shape index (κ1) is 19.1. The normalized spacial score (nSPS) is 10.2. The van der Waals surface area contributed by atoms with Gasteiger partial charge >= 0.3 is 5.97 Å². The van der Waals surface area contributed by atoms with Gasteiger partial charge in [-0.15, -0.1) is 0 Å². The van der Waals surface area contributed by atoms with Gasteiger partial charge in [-0.25, -0.2) is 4.79 Å². The Labute approximate surface area is 163 Å². The molecule has 0 atom stereocenters. The zero-order valence-corrected chi connectivity index (χ0v) is 15.7. The molecule has 3 aromatic rings. The van der Waals surface area contributed by atoms with Crippen molar-refractivity contribution in [2.75, 3.05) is 12.4 Å². The number of nitrogens with zero attached hydrogens (tertiary/aromatic N) is 1. The summed E-state index contributed by atoms with van der Waals surface area (Å²) in [5, 5.41) is 6.07. The van der Waals surface area contributed by atoms with Crippen LogP contribution in [0.4, 0.5) is 11.4 Å². The van der Waals surface area contributed by atoms with Crippen LogP contribution in [0.5, 0.6) is 0 Å². The Balaban J connectivity index is 1.64. The fraction of sp³-hybridized carbons (Fsp3) is 0.136. The van der Waals surface area contributed by atoms with Crippen LogP contribution in [0.3, 0.4) is 0 Å². The van der Waals surface area contributed by atoms with Gasteiger partial charge in [-0.2, -0.15) is 0 Å². The number of carbonyl (C=O) groups is 2. The highest BCUT2D eigenvalue weighted by Crippen LogP contribution is 2.18. The zero-order chi connectivity index (χ0) is 19.9. The number of nitrogens with one attached hydrogen (secondary N) is 2. The summed E-state index contributed by atoms with van der Waals surface area (Å²) in [6.45, 7) is 2.45. The van der Waals surface area contributed by atoms with Crippen LogP contribution in [0.25, 0.3) is 0 Å². The average Bonchev–Trinajstić information content (AvgIpc) is 2.72. The fourth-order valence-electron chi connectivity index (χ4n) is 2.70. The molecule has 0 saturated carbocycles. The standard InChI is InChI=1S/C22H21N3O3/c1-15-4-3-5-16(12-15)14-24-21(26)20-13-19(10-11-23-20)25-18-8-6-17(7-9-18)22(27)28-2/h3-13H,14H2,1-2H3,(H,23,25)(H,24,26). The molecule has 142 valence electrons. The number of methoxy groups -OCH3 is 1. The number of aryl methyl sites for hydroxylation is 1. The van der Waals surface area contributed by atoms with Crippen LogP contribution in [0, 0.1) is 6.92 Å². The van der Waals surface area contributed by atoms with E-state index in [2.05, 4.69) is 20.4 Å². The van der Waals surface area contributed by atoms with Crippen LogP contribution in [0.2, 0.25) is 0 Å². The highest BCUT2D eigenvalue weighted by atomic mass is 16.5. The van der Waals surface area contributed by atoms with Crippen molar-refractivity contribution in [2.24, 2.45) is 0 Å². The molecule has 0 unspecified atom stereocenters. The molecule has 0 spiro atoms. The van der Waals surface area contributed by atoms with Crippen molar-refractivity contribution in [3.05, 3.63) is 89.2 Å². The molecule has 0 bridgehead atoms. The minimum atomic E-state index is -0.386. The van der Waals surface area contributed by atoms with Gasteiger partial charge in [-0.1, -0.05) is 29.8 Å². The number of ether oxygens (including phenoxy) is 1. The second-order valence-electron chi connectivity index (χ2n) is 6.30. The van der Waals surface area contributed by atoms with E-state index in [1.54, 1.807) is 42.6 Å². The lowest BCUT2D eigenvalue weighted by Gasteiger charge is -2.09. The van der Waals surface area contributed by atoms with E-state index in [4.69, 9.17) is 0 Å². The average molecular weight is 375 g/mol. The maximum Gasteiger partial charge on any atom is 0.337 e. The minimum absolute atomic E-state index is 0.244. The molecular formula is C22H21N3O3. The van der Waals surface area contributed by atoms with E-state index in [1.165, 1.54) is 7.11 Å². The first-order valence-electron chi connectivity index (χ1n) is 8.80. The number of rotatable bonds is 6. The molecule has 0 aliphatic heterocycles. The van der Waals surface area contributed by atoms with Crippen molar-refractivity contribution in [1.29, 1.82) is 0 Å². The number of amides is 1. The van der Waals surface area contributed by atoms with E-state index < -0.39 is 0 Å². The van der Waals surface area contributed by atoms with E-state index in [0.717, 1.165) is 22.5 Å². The lowest BCUT2D eigenvalue weighted by molar-refractivity contribution is 0.0600. The number of anilines is 2. The summed E-state index contributed by atoms with van der Waals surface area (Å²) in [4.78, 5) is 28.0. The first-order chi connectivity index (χ1) is 13.5. The van der Waals surface area contributed by atoms with Gasteiger partial charge in [0.2, 0.25) is 0 Å². The second kappa shape index (κ2) is 8.81. The summed E-state index contributed by atoms with van der Waals surface area (Å²) in [7, 11) is 1.34. The van der Waals surface area contributed by atoms with Crippen molar-refractivity contribution in [1.82, 2.24) is 10.3 Å². The third-order valence-electron chi connectivity index (χ3n) is 4.12.